The number of rotatable bonds is 5. The third kappa shape index (κ3) is 3.78. The standard InChI is InChI=1S/C12H24N2O2S/c1-8(2)6-11-13-10(4)12(15)14(11)7-9(3)17(5)16/h8-11,13H,6-7H2,1-5H3. The molecule has 0 bridgehead atoms. The molecule has 0 aromatic heterocycles. The van der Waals surface area contributed by atoms with E-state index in [2.05, 4.69) is 19.2 Å². The van der Waals surface area contributed by atoms with Crippen molar-refractivity contribution in [1.82, 2.24) is 10.2 Å². The maximum absolute atomic E-state index is 12.0. The Hall–Kier alpha value is -0.420. The molecule has 4 atom stereocenters. The van der Waals surface area contributed by atoms with Crippen molar-refractivity contribution in [2.45, 2.75) is 51.6 Å². The maximum Gasteiger partial charge on any atom is 0.240 e. The summed E-state index contributed by atoms with van der Waals surface area (Å²) >= 11 is 0. The molecule has 1 rings (SSSR count). The molecule has 0 radical (unpaired) electrons. The zero-order valence-electron chi connectivity index (χ0n) is 11.4. The van der Waals surface area contributed by atoms with E-state index in [9.17, 15) is 9.00 Å². The summed E-state index contributed by atoms with van der Waals surface area (Å²) in [6.07, 6.45) is 2.74. The van der Waals surface area contributed by atoms with Gasteiger partial charge in [0.1, 0.15) is 0 Å². The number of nitrogens with zero attached hydrogens (tertiary/aromatic N) is 1. The molecule has 1 fully saturated rings. The van der Waals surface area contributed by atoms with Crippen LogP contribution in [-0.2, 0) is 15.6 Å². The topological polar surface area (TPSA) is 49.4 Å². The highest BCUT2D eigenvalue weighted by Gasteiger charge is 2.37. The molecular weight excluding hydrogens is 236 g/mol. The molecule has 1 aliphatic rings. The molecule has 1 amide bonds. The summed E-state index contributed by atoms with van der Waals surface area (Å²) in [5.41, 5.74) is 0. The van der Waals surface area contributed by atoms with Crippen molar-refractivity contribution in [2.24, 2.45) is 5.92 Å². The molecule has 4 unspecified atom stereocenters. The fraction of sp³-hybridized carbons (Fsp3) is 0.917. The van der Waals surface area contributed by atoms with Gasteiger partial charge >= 0.3 is 0 Å². The van der Waals surface area contributed by atoms with E-state index in [1.165, 1.54) is 0 Å². The molecule has 0 spiro atoms. The summed E-state index contributed by atoms with van der Waals surface area (Å²) in [5.74, 6) is 0.670. The predicted octanol–water partition coefficient (Wildman–Crippen LogP) is 0.946. The largest absolute Gasteiger partial charge is 0.325 e. The highest BCUT2D eigenvalue weighted by atomic mass is 32.2. The zero-order valence-corrected chi connectivity index (χ0v) is 12.2. The zero-order chi connectivity index (χ0) is 13.2. The highest BCUT2D eigenvalue weighted by molar-refractivity contribution is 7.84. The van der Waals surface area contributed by atoms with Crippen LogP contribution < -0.4 is 5.32 Å². The summed E-state index contributed by atoms with van der Waals surface area (Å²) in [6, 6.07) is -0.115. The summed E-state index contributed by atoms with van der Waals surface area (Å²) in [4.78, 5) is 13.9. The van der Waals surface area contributed by atoms with Gasteiger partial charge in [-0.25, -0.2) is 0 Å². The lowest BCUT2D eigenvalue weighted by atomic mass is 10.1. The second kappa shape index (κ2) is 5.96. The van der Waals surface area contributed by atoms with Crippen molar-refractivity contribution < 1.29 is 9.00 Å². The number of hydrogen-bond donors (Lipinski definition) is 1. The third-order valence-electron chi connectivity index (χ3n) is 3.19. The molecule has 0 aromatic carbocycles. The maximum atomic E-state index is 12.0. The van der Waals surface area contributed by atoms with E-state index in [4.69, 9.17) is 0 Å². The van der Waals surface area contributed by atoms with Crippen LogP contribution in [0.3, 0.4) is 0 Å². The van der Waals surface area contributed by atoms with E-state index >= 15 is 0 Å². The molecule has 100 valence electrons. The van der Waals surface area contributed by atoms with Gasteiger partial charge in [-0.15, -0.1) is 0 Å². The summed E-state index contributed by atoms with van der Waals surface area (Å²) < 4.78 is 11.4. The molecule has 5 heteroatoms. The molecule has 17 heavy (non-hydrogen) atoms. The average molecular weight is 260 g/mol. The molecule has 1 heterocycles. The van der Waals surface area contributed by atoms with Crippen LogP contribution in [0.15, 0.2) is 0 Å². The number of nitrogens with one attached hydrogen (secondary N) is 1. The second-order valence-corrected chi connectivity index (χ2v) is 7.14. The van der Waals surface area contributed by atoms with Gasteiger partial charge in [0.2, 0.25) is 5.91 Å². The van der Waals surface area contributed by atoms with Gasteiger partial charge in [0, 0.05) is 28.9 Å². The van der Waals surface area contributed by atoms with Gasteiger partial charge in [-0.05, 0) is 26.2 Å². The Bertz CT molecular complexity index is 307. The molecular formula is C12H24N2O2S. The SMILES string of the molecule is CC(C)CC1NC(C)C(=O)N1CC(C)S(C)=O. The Morgan fingerprint density at radius 3 is 2.47 bits per heavy atom. The van der Waals surface area contributed by atoms with Gasteiger partial charge < -0.3 is 4.90 Å². The molecule has 1 aliphatic heterocycles. The van der Waals surface area contributed by atoms with Crippen molar-refractivity contribution in [3.63, 3.8) is 0 Å². The first-order valence-electron chi connectivity index (χ1n) is 6.21. The monoisotopic (exact) mass is 260 g/mol. The third-order valence-corrected chi connectivity index (χ3v) is 4.47. The van der Waals surface area contributed by atoms with Crippen LogP contribution in [0.2, 0.25) is 0 Å². The molecule has 0 saturated carbocycles. The summed E-state index contributed by atoms with van der Waals surface area (Å²) in [5, 5.41) is 3.34. The lowest BCUT2D eigenvalue weighted by Gasteiger charge is -2.27. The Morgan fingerprint density at radius 2 is 2.00 bits per heavy atom. The first-order valence-corrected chi connectivity index (χ1v) is 7.83. The van der Waals surface area contributed by atoms with E-state index in [1.807, 2.05) is 18.7 Å². The number of amides is 1. The number of carbonyl (C=O) groups excluding carboxylic acids is 1. The Kier molecular flexibility index (Phi) is 5.13. The van der Waals surface area contributed by atoms with E-state index < -0.39 is 10.8 Å². The first-order chi connectivity index (χ1) is 7.82. The predicted molar refractivity (Wildman–Crippen MR) is 71.1 cm³/mol. The minimum atomic E-state index is -0.882. The van der Waals surface area contributed by atoms with E-state index in [-0.39, 0.29) is 23.4 Å². The van der Waals surface area contributed by atoms with Gasteiger partial charge in [-0.3, -0.25) is 14.3 Å². The van der Waals surface area contributed by atoms with Gasteiger partial charge in [-0.2, -0.15) is 0 Å². The Morgan fingerprint density at radius 1 is 1.41 bits per heavy atom. The second-order valence-electron chi connectivity index (χ2n) is 5.33. The highest BCUT2D eigenvalue weighted by Crippen LogP contribution is 2.18. The number of hydrogen-bond acceptors (Lipinski definition) is 3. The average Bonchev–Trinajstić information content (AvgIpc) is 2.44. The van der Waals surface area contributed by atoms with Crippen molar-refractivity contribution >= 4 is 16.7 Å². The van der Waals surface area contributed by atoms with Crippen LogP contribution >= 0.6 is 0 Å². The van der Waals surface area contributed by atoms with E-state index in [0.29, 0.717) is 12.5 Å². The molecule has 1 N–H and O–H groups in total. The smallest absolute Gasteiger partial charge is 0.240 e. The van der Waals surface area contributed by atoms with Crippen LogP contribution in [0.4, 0.5) is 0 Å². The fourth-order valence-electron chi connectivity index (χ4n) is 2.09. The van der Waals surface area contributed by atoms with E-state index in [0.717, 1.165) is 6.42 Å². The lowest BCUT2D eigenvalue weighted by Crippen LogP contribution is -2.42. The van der Waals surface area contributed by atoms with Crippen LogP contribution in [0, 0.1) is 5.92 Å². The van der Waals surface area contributed by atoms with E-state index in [1.54, 1.807) is 6.26 Å². The van der Waals surface area contributed by atoms with Crippen molar-refractivity contribution in [2.75, 3.05) is 12.8 Å². The molecule has 4 nitrogen and oxygen atoms in total. The van der Waals surface area contributed by atoms with Gasteiger partial charge in [0.15, 0.2) is 0 Å². The van der Waals surface area contributed by atoms with Crippen LogP contribution in [0.25, 0.3) is 0 Å². The minimum absolute atomic E-state index is 0.0284. The van der Waals surface area contributed by atoms with Crippen LogP contribution in [0.1, 0.15) is 34.1 Å². The van der Waals surface area contributed by atoms with Gasteiger partial charge in [0.05, 0.1) is 12.2 Å². The van der Waals surface area contributed by atoms with Gasteiger partial charge in [-0.1, -0.05) is 13.8 Å². The summed E-state index contributed by atoms with van der Waals surface area (Å²) in [6.45, 7) is 8.70. The quantitative estimate of drug-likeness (QED) is 0.800. The Balaban J connectivity index is 2.70. The van der Waals surface area contributed by atoms with Crippen molar-refractivity contribution in [3.05, 3.63) is 0 Å². The van der Waals surface area contributed by atoms with Crippen LogP contribution in [-0.4, -0.2) is 45.3 Å². The van der Waals surface area contributed by atoms with Crippen molar-refractivity contribution in [3.8, 4) is 0 Å². The fourth-order valence-corrected chi connectivity index (χ4v) is 2.46. The first kappa shape index (κ1) is 14.6. The Labute approximate surface area is 107 Å². The normalized spacial score (nSPS) is 28.8. The van der Waals surface area contributed by atoms with Crippen LogP contribution in [0.5, 0.6) is 0 Å². The molecule has 0 aromatic rings. The lowest BCUT2D eigenvalue weighted by molar-refractivity contribution is -0.129. The number of carbonyl (C=O) groups is 1. The van der Waals surface area contributed by atoms with Gasteiger partial charge in [0.25, 0.3) is 0 Å². The minimum Gasteiger partial charge on any atom is -0.325 e. The summed E-state index contributed by atoms with van der Waals surface area (Å²) in [7, 11) is -0.882. The van der Waals surface area contributed by atoms with Crippen molar-refractivity contribution in [1.29, 1.82) is 0 Å². The molecule has 0 aliphatic carbocycles. The molecule has 1 saturated heterocycles.